The Morgan fingerprint density at radius 3 is 2.18 bits per heavy atom. The molecule has 0 aliphatic heterocycles. The van der Waals surface area contributed by atoms with Gasteiger partial charge in [0.15, 0.2) is 0 Å². The van der Waals surface area contributed by atoms with E-state index >= 15 is 0 Å². The smallest absolute Gasteiger partial charge is 0.264 e. The van der Waals surface area contributed by atoms with Gasteiger partial charge < -0.3 is 10.2 Å². The largest absolute Gasteiger partial charge is 0.350 e. The number of carbonyl (C=O) groups is 2. The Hall–Kier alpha value is -2.59. The van der Waals surface area contributed by atoms with E-state index in [1.54, 1.807) is 25.1 Å². The third-order valence-electron chi connectivity index (χ3n) is 5.72. The second-order valence-electron chi connectivity index (χ2n) is 9.98. The lowest BCUT2D eigenvalue weighted by Crippen LogP contribution is -2.54. The Morgan fingerprint density at radius 1 is 0.974 bits per heavy atom. The van der Waals surface area contributed by atoms with Crippen LogP contribution >= 0.6 is 39.1 Å². The van der Waals surface area contributed by atoms with E-state index in [1.165, 1.54) is 35.2 Å². The first-order valence-electron chi connectivity index (χ1n) is 12.1. The molecule has 0 aliphatic carbocycles. The monoisotopic (exact) mass is 653 g/mol. The van der Waals surface area contributed by atoms with Gasteiger partial charge in [0.25, 0.3) is 10.0 Å². The third kappa shape index (κ3) is 8.20. The number of amides is 2. The summed E-state index contributed by atoms with van der Waals surface area (Å²) in [6.45, 7) is 6.60. The van der Waals surface area contributed by atoms with Crippen LogP contribution in [0, 0.1) is 0 Å². The van der Waals surface area contributed by atoms with Crippen molar-refractivity contribution >= 4 is 66.7 Å². The first kappa shape index (κ1) is 30.9. The first-order valence-corrected chi connectivity index (χ1v) is 15.1. The fourth-order valence-electron chi connectivity index (χ4n) is 3.75. The highest BCUT2D eigenvalue weighted by molar-refractivity contribution is 9.10. The fraction of sp³-hybridized carbons (Fsp3) is 0.286. The molecule has 0 aromatic heterocycles. The summed E-state index contributed by atoms with van der Waals surface area (Å²) in [5, 5.41) is 3.25. The van der Waals surface area contributed by atoms with Gasteiger partial charge >= 0.3 is 0 Å². The van der Waals surface area contributed by atoms with Gasteiger partial charge in [0.1, 0.15) is 12.6 Å². The van der Waals surface area contributed by atoms with Crippen molar-refractivity contribution in [3.05, 3.63) is 92.9 Å². The third-order valence-corrected chi connectivity index (χ3v) is 8.58. The summed E-state index contributed by atoms with van der Waals surface area (Å²) in [7, 11) is -4.24. The Bertz CT molecular complexity index is 1430. The van der Waals surface area contributed by atoms with Gasteiger partial charge in [-0.1, -0.05) is 69.5 Å². The Labute approximate surface area is 248 Å². The van der Waals surface area contributed by atoms with Gasteiger partial charge in [-0.25, -0.2) is 8.42 Å². The van der Waals surface area contributed by atoms with E-state index in [4.69, 9.17) is 23.2 Å². The van der Waals surface area contributed by atoms with E-state index in [9.17, 15) is 18.0 Å². The number of halogens is 3. The van der Waals surface area contributed by atoms with Gasteiger partial charge in [-0.3, -0.25) is 13.9 Å². The van der Waals surface area contributed by atoms with Crippen LogP contribution < -0.4 is 9.62 Å². The summed E-state index contributed by atoms with van der Waals surface area (Å²) < 4.78 is 29.4. The van der Waals surface area contributed by atoms with Gasteiger partial charge in [-0.05, 0) is 75.7 Å². The molecule has 0 heterocycles. The highest BCUT2D eigenvalue weighted by Gasteiger charge is 2.34. The van der Waals surface area contributed by atoms with Gasteiger partial charge in [0, 0.05) is 21.6 Å². The number of rotatable bonds is 9. The van der Waals surface area contributed by atoms with Crippen LogP contribution in [0.2, 0.25) is 10.0 Å². The zero-order valence-corrected chi connectivity index (χ0v) is 25.9. The highest BCUT2D eigenvalue weighted by Crippen LogP contribution is 2.33. The minimum Gasteiger partial charge on any atom is -0.350 e. The maximum atomic E-state index is 13.9. The molecule has 0 saturated carbocycles. The lowest BCUT2D eigenvalue weighted by atomic mass is 10.1. The van der Waals surface area contributed by atoms with E-state index in [1.807, 2.05) is 45.0 Å². The lowest BCUT2D eigenvalue weighted by Gasteiger charge is -2.33. The van der Waals surface area contributed by atoms with Gasteiger partial charge in [-0.2, -0.15) is 0 Å². The molecule has 3 aromatic carbocycles. The molecular formula is C28H30BrCl2N3O4S. The molecule has 39 heavy (non-hydrogen) atoms. The predicted octanol–water partition coefficient (Wildman–Crippen LogP) is 6.28. The highest BCUT2D eigenvalue weighted by atomic mass is 79.9. The van der Waals surface area contributed by atoms with Crippen molar-refractivity contribution in [2.24, 2.45) is 0 Å². The minimum absolute atomic E-state index is 0.0215. The predicted molar refractivity (Wildman–Crippen MR) is 159 cm³/mol. The normalized spacial score (nSPS) is 12.5. The van der Waals surface area contributed by atoms with Crippen molar-refractivity contribution in [2.75, 3.05) is 10.8 Å². The number of hydrogen-bond donors (Lipinski definition) is 1. The number of benzene rings is 3. The van der Waals surface area contributed by atoms with E-state index in [0.29, 0.717) is 0 Å². The summed E-state index contributed by atoms with van der Waals surface area (Å²) in [5.74, 6) is -0.962. The fourth-order valence-corrected chi connectivity index (χ4v) is 5.90. The van der Waals surface area contributed by atoms with E-state index in [-0.39, 0.29) is 33.1 Å². The first-order chi connectivity index (χ1) is 18.2. The van der Waals surface area contributed by atoms with Gasteiger partial charge in [-0.15, -0.1) is 0 Å². The molecule has 3 rings (SSSR count). The topological polar surface area (TPSA) is 86.8 Å². The van der Waals surface area contributed by atoms with Crippen LogP contribution in [0.1, 0.15) is 33.3 Å². The molecule has 0 saturated heterocycles. The number of hydrogen-bond acceptors (Lipinski definition) is 4. The molecular weight excluding hydrogens is 625 g/mol. The van der Waals surface area contributed by atoms with Crippen LogP contribution in [0.5, 0.6) is 0 Å². The van der Waals surface area contributed by atoms with E-state index < -0.39 is 34.1 Å². The van der Waals surface area contributed by atoms with E-state index in [0.717, 1.165) is 14.3 Å². The van der Waals surface area contributed by atoms with Gasteiger partial charge in [0.2, 0.25) is 11.8 Å². The maximum absolute atomic E-state index is 13.9. The average Bonchev–Trinajstić information content (AvgIpc) is 2.87. The molecule has 0 bridgehead atoms. The number of anilines is 1. The molecule has 0 fully saturated rings. The molecule has 1 N–H and O–H groups in total. The summed E-state index contributed by atoms with van der Waals surface area (Å²) in [6.07, 6.45) is 0. The Morgan fingerprint density at radius 2 is 1.59 bits per heavy atom. The molecule has 3 aromatic rings. The molecule has 1 atom stereocenters. The lowest BCUT2D eigenvalue weighted by molar-refractivity contribution is -0.140. The molecule has 11 heteroatoms. The van der Waals surface area contributed by atoms with Crippen molar-refractivity contribution in [1.82, 2.24) is 10.2 Å². The Kier molecular flexibility index (Phi) is 10.1. The van der Waals surface area contributed by atoms with Crippen LogP contribution in [0.4, 0.5) is 5.69 Å². The maximum Gasteiger partial charge on any atom is 0.264 e. The SMILES string of the molecule is C[C@@H](C(=O)NC(C)(C)C)N(Cc1ccc(Br)cc1)C(=O)CN(c1cc(Cl)ccc1Cl)S(=O)(=O)c1ccccc1. The zero-order valence-electron chi connectivity index (χ0n) is 22.0. The number of sulfonamides is 1. The average molecular weight is 655 g/mol. The van der Waals surface area contributed by atoms with Crippen molar-refractivity contribution < 1.29 is 18.0 Å². The standard InChI is InChI=1S/C28H30BrCl2N3O4S/c1-19(27(36)32-28(2,3)4)33(17-20-10-12-21(29)13-11-20)26(35)18-34(25-16-22(30)14-15-24(25)31)39(37,38)23-8-6-5-7-9-23/h5-16,19H,17-18H2,1-4H3,(H,32,36)/t19-/m0/s1. The van der Waals surface area contributed by atoms with Crippen LogP contribution in [-0.2, 0) is 26.2 Å². The summed E-state index contributed by atoms with van der Waals surface area (Å²) in [5.41, 5.74) is 0.284. The van der Waals surface area contributed by atoms with Crippen molar-refractivity contribution in [2.45, 2.75) is 50.7 Å². The Balaban J connectivity index is 2.06. The van der Waals surface area contributed by atoms with Crippen molar-refractivity contribution in [3.63, 3.8) is 0 Å². The van der Waals surface area contributed by atoms with Crippen molar-refractivity contribution in [1.29, 1.82) is 0 Å². The zero-order chi connectivity index (χ0) is 29.0. The molecule has 7 nitrogen and oxygen atoms in total. The number of nitrogens with zero attached hydrogens (tertiary/aromatic N) is 2. The summed E-state index contributed by atoms with van der Waals surface area (Å²) in [6, 6.07) is 18.5. The summed E-state index contributed by atoms with van der Waals surface area (Å²) in [4.78, 5) is 28.4. The summed E-state index contributed by atoms with van der Waals surface area (Å²) >= 11 is 16.0. The number of carbonyl (C=O) groups excluding carboxylic acids is 2. The molecule has 0 spiro atoms. The molecule has 0 unspecified atom stereocenters. The second-order valence-corrected chi connectivity index (χ2v) is 13.6. The number of nitrogens with one attached hydrogen (secondary N) is 1. The van der Waals surface area contributed by atoms with E-state index in [2.05, 4.69) is 21.2 Å². The van der Waals surface area contributed by atoms with Crippen LogP contribution in [-0.4, -0.2) is 43.3 Å². The minimum atomic E-state index is -4.24. The van der Waals surface area contributed by atoms with Crippen molar-refractivity contribution in [3.8, 4) is 0 Å². The van der Waals surface area contributed by atoms with Crippen LogP contribution in [0.3, 0.4) is 0 Å². The molecule has 2 amide bonds. The molecule has 208 valence electrons. The molecule has 0 aliphatic rings. The molecule has 0 radical (unpaired) electrons. The van der Waals surface area contributed by atoms with Crippen LogP contribution in [0.25, 0.3) is 0 Å². The quantitative estimate of drug-likeness (QED) is 0.294. The van der Waals surface area contributed by atoms with Gasteiger partial charge in [0.05, 0.1) is 15.6 Å². The van der Waals surface area contributed by atoms with Crippen LogP contribution in [0.15, 0.2) is 82.2 Å². The second kappa shape index (κ2) is 12.7.